The summed E-state index contributed by atoms with van der Waals surface area (Å²) in [6, 6.07) is 0. The number of ether oxygens (including phenoxy) is 4. The molecule has 1 aromatic rings. The van der Waals surface area contributed by atoms with Gasteiger partial charge in [-0.1, -0.05) is 0 Å². The first kappa shape index (κ1) is 18.1. The van der Waals surface area contributed by atoms with E-state index in [-0.39, 0.29) is 0 Å². The average Bonchev–Trinajstić information content (AvgIpc) is 2.49. The summed E-state index contributed by atoms with van der Waals surface area (Å²) in [4.78, 5) is 8.19. The lowest BCUT2D eigenvalue weighted by Gasteiger charge is -2.10. The molecule has 0 radical (unpaired) electrons. The van der Waals surface area contributed by atoms with Gasteiger partial charge >= 0.3 is 0 Å². The first-order chi connectivity index (χ1) is 10.3. The van der Waals surface area contributed by atoms with Gasteiger partial charge in [-0.05, 0) is 22.9 Å². The van der Waals surface area contributed by atoms with Crippen molar-refractivity contribution in [3.8, 4) is 5.88 Å². The molecule has 0 unspecified atom stereocenters. The number of anilines is 1. The lowest BCUT2D eigenvalue weighted by molar-refractivity contribution is 0.0176. The molecule has 1 aromatic heterocycles. The van der Waals surface area contributed by atoms with Gasteiger partial charge in [0.05, 0.1) is 33.0 Å². The van der Waals surface area contributed by atoms with Crippen LogP contribution >= 0.6 is 15.9 Å². The van der Waals surface area contributed by atoms with Crippen molar-refractivity contribution >= 4 is 21.7 Å². The van der Waals surface area contributed by atoms with Crippen LogP contribution in [0.15, 0.2) is 10.8 Å². The number of nitrogens with zero attached hydrogens (tertiary/aromatic N) is 2. The van der Waals surface area contributed by atoms with Crippen LogP contribution < -0.4 is 10.1 Å². The molecule has 8 heteroatoms. The molecule has 120 valence electrons. The molecule has 0 aliphatic rings. The molecule has 1 heterocycles. The number of hydrogen-bond acceptors (Lipinski definition) is 7. The Bertz CT molecular complexity index is 396. The fraction of sp³-hybridized carbons (Fsp3) is 0.692. The molecule has 0 bridgehead atoms. The monoisotopic (exact) mass is 363 g/mol. The Morgan fingerprint density at radius 3 is 2.38 bits per heavy atom. The number of hydrogen-bond donors (Lipinski definition) is 1. The second-order valence-electron chi connectivity index (χ2n) is 3.94. The summed E-state index contributed by atoms with van der Waals surface area (Å²) in [7, 11) is 1.64. The highest BCUT2D eigenvalue weighted by molar-refractivity contribution is 9.10. The molecular weight excluding hydrogens is 342 g/mol. The van der Waals surface area contributed by atoms with Gasteiger partial charge in [-0.15, -0.1) is 0 Å². The van der Waals surface area contributed by atoms with Gasteiger partial charge < -0.3 is 24.3 Å². The van der Waals surface area contributed by atoms with E-state index in [0.717, 1.165) is 16.8 Å². The van der Waals surface area contributed by atoms with E-state index >= 15 is 0 Å². The SMILES string of the molecule is CCNc1ncnc(OCCOCCOCCOC)c1Br. The van der Waals surface area contributed by atoms with E-state index in [4.69, 9.17) is 18.9 Å². The molecule has 7 nitrogen and oxygen atoms in total. The highest BCUT2D eigenvalue weighted by Gasteiger charge is 2.08. The van der Waals surface area contributed by atoms with Gasteiger partial charge in [0.15, 0.2) is 0 Å². The molecule has 0 amide bonds. The van der Waals surface area contributed by atoms with E-state index in [1.165, 1.54) is 6.33 Å². The lowest BCUT2D eigenvalue weighted by atomic mass is 10.5. The maximum atomic E-state index is 5.55. The van der Waals surface area contributed by atoms with Crippen molar-refractivity contribution in [1.82, 2.24) is 9.97 Å². The summed E-state index contributed by atoms with van der Waals surface area (Å²) < 4.78 is 21.8. The summed E-state index contributed by atoms with van der Waals surface area (Å²) in [6.07, 6.45) is 1.46. The van der Waals surface area contributed by atoms with Crippen LogP contribution in [0.25, 0.3) is 0 Å². The molecule has 0 aliphatic carbocycles. The number of halogens is 1. The van der Waals surface area contributed by atoms with E-state index in [1.54, 1.807) is 7.11 Å². The second kappa shape index (κ2) is 11.7. The van der Waals surface area contributed by atoms with E-state index in [1.807, 2.05) is 6.92 Å². The van der Waals surface area contributed by atoms with E-state index < -0.39 is 0 Å². The zero-order valence-electron chi connectivity index (χ0n) is 12.4. The molecule has 0 aromatic carbocycles. The number of methoxy groups -OCH3 is 1. The van der Waals surface area contributed by atoms with Gasteiger partial charge in [-0.25, -0.2) is 9.97 Å². The van der Waals surface area contributed by atoms with E-state index in [2.05, 4.69) is 31.2 Å². The second-order valence-corrected chi connectivity index (χ2v) is 4.73. The minimum atomic E-state index is 0.416. The summed E-state index contributed by atoms with van der Waals surface area (Å²) in [5.41, 5.74) is 0. The Morgan fingerprint density at radius 1 is 1.05 bits per heavy atom. The van der Waals surface area contributed by atoms with Gasteiger partial charge in [-0.3, -0.25) is 0 Å². The molecule has 1 N–H and O–H groups in total. The zero-order valence-corrected chi connectivity index (χ0v) is 14.0. The Hall–Kier alpha value is -0.960. The first-order valence-corrected chi connectivity index (χ1v) is 7.60. The minimum Gasteiger partial charge on any atom is -0.474 e. The molecule has 0 atom stereocenters. The molecule has 0 fully saturated rings. The van der Waals surface area contributed by atoms with Crippen molar-refractivity contribution in [3.63, 3.8) is 0 Å². The summed E-state index contributed by atoms with van der Waals surface area (Å²) in [6.45, 7) is 5.92. The summed E-state index contributed by atoms with van der Waals surface area (Å²) in [5.74, 6) is 1.22. The Balaban J connectivity index is 2.14. The van der Waals surface area contributed by atoms with Gasteiger partial charge in [0, 0.05) is 13.7 Å². The molecule has 0 saturated carbocycles. The third kappa shape index (κ3) is 7.56. The van der Waals surface area contributed by atoms with E-state index in [0.29, 0.717) is 45.5 Å². The van der Waals surface area contributed by atoms with Crippen molar-refractivity contribution in [2.45, 2.75) is 6.92 Å². The van der Waals surface area contributed by atoms with Gasteiger partial charge in [0.1, 0.15) is 23.2 Å². The predicted octanol–water partition coefficient (Wildman–Crippen LogP) is 1.73. The normalized spacial score (nSPS) is 10.6. The highest BCUT2D eigenvalue weighted by atomic mass is 79.9. The first-order valence-electron chi connectivity index (χ1n) is 6.81. The van der Waals surface area contributed by atoms with Gasteiger partial charge in [-0.2, -0.15) is 0 Å². The number of nitrogens with one attached hydrogen (secondary N) is 1. The third-order valence-corrected chi connectivity index (χ3v) is 3.09. The quantitative estimate of drug-likeness (QED) is 0.566. The molecular formula is C13H22BrN3O4. The average molecular weight is 364 g/mol. The summed E-state index contributed by atoms with van der Waals surface area (Å²) in [5, 5.41) is 3.12. The predicted molar refractivity (Wildman–Crippen MR) is 82.9 cm³/mol. The maximum Gasteiger partial charge on any atom is 0.233 e. The zero-order chi connectivity index (χ0) is 15.3. The van der Waals surface area contributed by atoms with Crippen molar-refractivity contribution in [1.29, 1.82) is 0 Å². The fourth-order valence-corrected chi connectivity index (χ4v) is 1.87. The van der Waals surface area contributed by atoms with E-state index in [9.17, 15) is 0 Å². The van der Waals surface area contributed by atoms with Crippen molar-refractivity contribution in [3.05, 3.63) is 10.8 Å². The maximum absolute atomic E-state index is 5.55. The topological polar surface area (TPSA) is 74.7 Å². The Kier molecular flexibility index (Phi) is 10.1. The van der Waals surface area contributed by atoms with Crippen molar-refractivity contribution < 1.29 is 18.9 Å². The molecule has 0 aliphatic heterocycles. The standard InChI is InChI=1S/C13H22BrN3O4/c1-3-15-12-11(14)13(17-10-16-12)21-9-8-20-7-6-19-5-4-18-2/h10H,3-9H2,1-2H3,(H,15,16,17). The van der Waals surface area contributed by atoms with Crippen LogP contribution in [0.3, 0.4) is 0 Å². The van der Waals surface area contributed by atoms with Crippen LogP contribution in [0.1, 0.15) is 6.92 Å². The fourth-order valence-electron chi connectivity index (χ4n) is 1.41. The van der Waals surface area contributed by atoms with Crippen LogP contribution in [0, 0.1) is 0 Å². The highest BCUT2D eigenvalue weighted by Crippen LogP contribution is 2.27. The van der Waals surface area contributed by atoms with Crippen LogP contribution in [0.5, 0.6) is 5.88 Å². The smallest absolute Gasteiger partial charge is 0.233 e. The number of aromatic nitrogens is 2. The molecule has 1 rings (SSSR count). The molecule has 0 saturated heterocycles. The largest absolute Gasteiger partial charge is 0.474 e. The summed E-state index contributed by atoms with van der Waals surface area (Å²) >= 11 is 3.42. The van der Waals surface area contributed by atoms with Crippen LogP contribution in [0.4, 0.5) is 5.82 Å². The van der Waals surface area contributed by atoms with Crippen molar-refractivity contribution in [2.75, 3.05) is 58.6 Å². The molecule has 21 heavy (non-hydrogen) atoms. The van der Waals surface area contributed by atoms with Crippen LogP contribution in [-0.2, 0) is 14.2 Å². The van der Waals surface area contributed by atoms with Gasteiger partial charge in [0.2, 0.25) is 5.88 Å². The Morgan fingerprint density at radius 2 is 1.71 bits per heavy atom. The van der Waals surface area contributed by atoms with Crippen molar-refractivity contribution in [2.24, 2.45) is 0 Å². The number of rotatable bonds is 12. The Labute approximate surface area is 133 Å². The third-order valence-electron chi connectivity index (χ3n) is 2.37. The van der Waals surface area contributed by atoms with Crippen LogP contribution in [0.2, 0.25) is 0 Å². The minimum absolute atomic E-state index is 0.416. The lowest BCUT2D eigenvalue weighted by Crippen LogP contribution is -2.13. The van der Waals surface area contributed by atoms with Crippen LogP contribution in [-0.4, -0.2) is 63.3 Å². The molecule has 0 spiro atoms. The van der Waals surface area contributed by atoms with Gasteiger partial charge in [0.25, 0.3) is 0 Å².